The van der Waals surface area contributed by atoms with Crippen LogP contribution in [0.2, 0.25) is 0 Å². The van der Waals surface area contributed by atoms with Gasteiger partial charge in [0, 0.05) is 5.41 Å². The molecule has 26 heavy (non-hydrogen) atoms. The summed E-state index contributed by atoms with van der Waals surface area (Å²) in [5, 5.41) is 0. The molecule has 0 saturated carbocycles. The molecule has 0 aromatic heterocycles. The van der Waals surface area contributed by atoms with E-state index in [1.54, 1.807) is 6.92 Å². The smallest absolute Gasteiger partial charge is 0.422 e. The SMILES string of the molecule is CC1=C(C(C)(C)C)C(C)(C)C(C)(C)[C@@](C)(C(=O)OCC(F)(F)F)C1(C)C. The van der Waals surface area contributed by atoms with E-state index in [-0.39, 0.29) is 5.41 Å². The molecule has 0 unspecified atom stereocenters. The first-order valence-corrected chi connectivity index (χ1v) is 9.12. The Hall–Kier alpha value is -1.00. The van der Waals surface area contributed by atoms with Crippen molar-refractivity contribution < 1.29 is 22.7 Å². The Kier molecular flexibility index (Phi) is 5.32. The Labute approximate surface area is 156 Å². The van der Waals surface area contributed by atoms with E-state index < -0.39 is 40.4 Å². The minimum absolute atomic E-state index is 0.126. The van der Waals surface area contributed by atoms with Crippen molar-refractivity contribution in [3.8, 4) is 0 Å². The summed E-state index contributed by atoms with van der Waals surface area (Å²) in [7, 11) is 0. The molecule has 0 aliphatic heterocycles. The van der Waals surface area contributed by atoms with Gasteiger partial charge in [0.1, 0.15) is 0 Å². The lowest BCUT2D eigenvalue weighted by Crippen LogP contribution is -2.63. The minimum atomic E-state index is -4.54. The third-order valence-corrected chi connectivity index (χ3v) is 7.53. The molecule has 1 aliphatic rings. The molecule has 1 atom stereocenters. The average molecular weight is 377 g/mol. The van der Waals surface area contributed by atoms with Gasteiger partial charge in [-0.25, -0.2) is 0 Å². The van der Waals surface area contributed by atoms with E-state index in [0.29, 0.717) is 0 Å². The number of hydrogen-bond acceptors (Lipinski definition) is 2. The summed E-state index contributed by atoms with van der Waals surface area (Å²) >= 11 is 0. The van der Waals surface area contributed by atoms with Gasteiger partial charge in [0.25, 0.3) is 0 Å². The molecule has 0 aromatic rings. The third kappa shape index (κ3) is 3.09. The van der Waals surface area contributed by atoms with E-state index in [4.69, 9.17) is 4.74 Å². The zero-order valence-electron chi connectivity index (χ0n) is 18.2. The van der Waals surface area contributed by atoms with Crippen molar-refractivity contribution in [1.82, 2.24) is 0 Å². The molecule has 0 spiro atoms. The largest absolute Gasteiger partial charge is 0.456 e. The van der Waals surface area contributed by atoms with Gasteiger partial charge >= 0.3 is 12.1 Å². The van der Waals surface area contributed by atoms with Gasteiger partial charge < -0.3 is 4.74 Å². The van der Waals surface area contributed by atoms with E-state index >= 15 is 0 Å². The van der Waals surface area contributed by atoms with Gasteiger partial charge in [-0.1, -0.05) is 73.5 Å². The molecule has 2 nitrogen and oxygen atoms in total. The first-order valence-electron chi connectivity index (χ1n) is 9.12. The summed E-state index contributed by atoms with van der Waals surface area (Å²) in [4.78, 5) is 13.0. The second kappa shape index (κ2) is 6.00. The van der Waals surface area contributed by atoms with E-state index in [9.17, 15) is 18.0 Å². The Morgan fingerprint density at radius 3 is 1.69 bits per heavy atom. The van der Waals surface area contributed by atoms with Crippen LogP contribution in [0.5, 0.6) is 0 Å². The Bertz CT molecular complexity index is 616. The lowest BCUT2D eigenvalue weighted by molar-refractivity contribution is -0.211. The number of esters is 1. The second-order valence-electron chi connectivity index (χ2n) is 10.4. The number of carbonyl (C=O) groups is 1. The predicted molar refractivity (Wildman–Crippen MR) is 98.6 cm³/mol. The van der Waals surface area contributed by atoms with Gasteiger partial charge in [0.05, 0.1) is 5.41 Å². The highest BCUT2D eigenvalue weighted by molar-refractivity contribution is 5.80. The number of ether oxygens (including phenoxy) is 1. The maximum atomic E-state index is 13.0. The molecule has 0 bridgehead atoms. The first-order chi connectivity index (χ1) is 11.2. The van der Waals surface area contributed by atoms with E-state index in [2.05, 4.69) is 34.6 Å². The fraction of sp³-hybridized carbons (Fsp3) is 0.857. The fourth-order valence-electron chi connectivity index (χ4n) is 5.18. The van der Waals surface area contributed by atoms with Crippen LogP contribution >= 0.6 is 0 Å². The van der Waals surface area contributed by atoms with Crippen LogP contribution in [0.1, 0.15) is 76.2 Å². The number of rotatable bonds is 2. The van der Waals surface area contributed by atoms with Crippen LogP contribution < -0.4 is 0 Å². The standard InChI is InChI=1S/C21H35F3O2/c1-13-14(16(2,3)4)18(7,8)19(9,10)20(11,17(13,5)6)15(25)26-12-21(22,23)24/h12H2,1-11H3/t20-/m0/s1. The highest BCUT2D eigenvalue weighted by atomic mass is 19.4. The Morgan fingerprint density at radius 1 is 0.923 bits per heavy atom. The molecule has 5 heteroatoms. The zero-order valence-corrected chi connectivity index (χ0v) is 18.2. The highest BCUT2D eigenvalue weighted by Crippen LogP contribution is 2.70. The van der Waals surface area contributed by atoms with Crippen LogP contribution in [0.3, 0.4) is 0 Å². The Morgan fingerprint density at radius 2 is 1.35 bits per heavy atom. The minimum Gasteiger partial charge on any atom is -0.456 e. The van der Waals surface area contributed by atoms with Crippen molar-refractivity contribution in [1.29, 1.82) is 0 Å². The summed E-state index contributed by atoms with van der Waals surface area (Å²) in [6, 6.07) is 0. The molecule has 152 valence electrons. The lowest BCUT2D eigenvalue weighted by atomic mass is 9.38. The lowest BCUT2D eigenvalue weighted by Gasteiger charge is -2.65. The predicted octanol–water partition coefficient (Wildman–Crippen LogP) is 6.55. The van der Waals surface area contributed by atoms with E-state index in [1.165, 1.54) is 5.57 Å². The molecule has 0 N–H and O–H groups in total. The molecule has 0 heterocycles. The molecule has 0 fully saturated rings. The number of halogens is 3. The normalized spacial score (nSPS) is 28.1. The van der Waals surface area contributed by atoms with Crippen LogP contribution in [-0.2, 0) is 9.53 Å². The summed E-state index contributed by atoms with van der Waals surface area (Å²) in [5.41, 5.74) is -0.628. The molecular weight excluding hydrogens is 341 g/mol. The highest BCUT2D eigenvalue weighted by Gasteiger charge is 2.68. The summed E-state index contributed by atoms with van der Waals surface area (Å²) < 4.78 is 42.8. The van der Waals surface area contributed by atoms with Gasteiger partial charge in [-0.2, -0.15) is 13.2 Å². The summed E-state index contributed by atoms with van der Waals surface area (Å²) in [6.07, 6.45) is -4.54. The van der Waals surface area contributed by atoms with Gasteiger partial charge in [-0.3, -0.25) is 4.79 Å². The van der Waals surface area contributed by atoms with Crippen LogP contribution in [-0.4, -0.2) is 18.8 Å². The van der Waals surface area contributed by atoms with Crippen LogP contribution in [0.15, 0.2) is 11.1 Å². The quantitative estimate of drug-likeness (QED) is 0.403. The topological polar surface area (TPSA) is 26.3 Å². The van der Waals surface area contributed by atoms with Gasteiger partial charge in [0.15, 0.2) is 6.61 Å². The van der Waals surface area contributed by atoms with Gasteiger partial charge in [-0.05, 0) is 30.1 Å². The number of allylic oxidation sites excluding steroid dienone is 2. The maximum absolute atomic E-state index is 13.0. The van der Waals surface area contributed by atoms with Gasteiger partial charge in [0.2, 0.25) is 0 Å². The first kappa shape index (κ1) is 23.0. The Balaban J connectivity index is 3.70. The number of alkyl halides is 3. The molecule has 0 aromatic carbocycles. The van der Waals surface area contributed by atoms with Gasteiger partial charge in [-0.15, -0.1) is 0 Å². The van der Waals surface area contributed by atoms with Crippen molar-refractivity contribution in [2.45, 2.75) is 82.3 Å². The van der Waals surface area contributed by atoms with Crippen LogP contribution in [0.4, 0.5) is 13.2 Å². The number of carbonyl (C=O) groups excluding carboxylic acids is 1. The van der Waals surface area contributed by atoms with Crippen molar-refractivity contribution in [2.75, 3.05) is 6.61 Å². The molecule has 1 rings (SSSR count). The van der Waals surface area contributed by atoms with Crippen molar-refractivity contribution in [2.24, 2.45) is 27.1 Å². The molecule has 0 amide bonds. The maximum Gasteiger partial charge on any atom is 0.422 e. The van der Waals surface area contributed by atoms with Crippen molar-refractivity contribution in [3.05, 3.63) is 11.1 Å². The monoisotopic (exact) mass is 376 g/mol. The third-order valence-electron chi connectivity index (χ3n) is 7.53. The second-order valence-corrected chi connectivity index (χ2v) is 10.4. The zero-order chi connectivity index (χ0) is 21.1. The van der Waals surface area contributed by atoms with Crippen molar-refractivity contribution in [3.63, 3.8) is 0 Å². The fourth-order valence-corrected chi connectivity index (χ4v) is 5.18. The number of hydrogen-bond donors (Lipinski definition) is 0. The van der Waals surface area contributed by atoms with Crippen LogP contribution in [0.25, 0.3) is 0 Å². The van der Waals surface area contributed by atoms with Crippen molar-refractivity contribution >= 4 is 5.97 Å². The summed E-state index contributed by atoms with van der Waals surface area (Å²) in [5.74, 6) is -0.787. The average Bonchev–Trinajstić information content (AvgIpc) is 2.39. The molecule has 0 radical (unpaired) electrons. The van der Waals surface area contributed by atoms with E-state index in [0.717, 1.165) is 5.57 Å². The van der Waals surface area contributed by atoms with E-state index in [1.807, 2.05) is 34.6 Å². The molecule has 0 saturated heterocycles. The molecule has 1 aliphatic carbocycles. The van der Waals surface area contributed by atoms with Crippen LogP contribution in [0, 0.1) is 27.1 Å². The molecular formula is C21H35F3O2. The summed E-state index contributed by atoms with van der Waals surface area (Å²) in [6.45, 7) is 20.7.